The second-order valence-corrected chi connectivity index (χ2v) is 4.52. The van der Waals surface area contributed by atoms with E-state index >= 15 is 0 Å². The zero-order valence-electron chi connectivity index (χ0n) is 8.09. The predicted molar refractivity (Wildman–Crippen MR) is 64.9 cm³/mol. The van der Waals surface area contributed by atoms with E-state index in [1.54, 1.807) is 13.1 Å². The van der Waals surface area contributed by atoms with Crippen molar-refractivity contribution < 1.29 is 9.90 Å². The number of nitrogens with zero attached hydrogens (tertiary/aromatic N) is 1. The van der Waals surface area contributed by atoms with Crippen LogP contribution in [-0.2, 0) is 7.05 Å². The molecule has 0 saturated heterocycles. The van der Waals surface area contributed by atoms with Crippen LogP contribution in [0.15, 0.2) is 12.1 Å². The maximum atomic E-state index is 11.1. The zero-order valence-corrected chi connectivity index (χ0v) is 10.4. The lowest BCUT2D eigenvalue weighted by atomic mass is 10.2. The van der Waals surface area contributed by atoms with Crippen LogP contribution >= 0.6 is 34.8 Å². The number of aromatic carboxylic acids is 1. The van der Waals surface area contributed by atoms with E-state index in [9.17, 15) is 4.79 Å². The third kappa shape index (κ3) is 1.56. The Labute approximate surface area is 106 Å². The second kappa shape index (κ2) is 3.84. The number of aromatic nitrogens is 1. The molecule has 0 aliphatic heterocycles. The van der Waals surface area contributed by atoms with Crippen molar-refractivity contribution in [2.45, 2.75) is 0 Å². The van der Waals surface area contributed by atoms with E-state index < -0.39 is 5.97 Å². The number of carboxylic acid groups (broad SMARTS) is 1. The molecule has 0 radical (unpaired) electrons. The van der Waals surface area contributed by atoms with Crippen LogP contribution in [0.5, 0.6) is 0 Å². The SMILES string of the molecule is Cn1c(Cl)c(C(=O)O)c2cc(Cl)cc(Cl)c21. The van der Waals surface area contributed by atoms with Gasteiger partial charge in [0.25, 0.3) is 0 Å². The molecule has 2 rings (SSSR count). The summed E-state index contributed by atoms with van der Waals surface area (Å²) in [6.07, 6.45) is 0. The number of fused-ring (bicyclic) bond motifs is 1. The van der Waals surface area contributed by atoms with Crippen LogP contribution in [0.3, 0.4) is 0 Å². The van der Waals surface area contributed by atoms with Gasteiger partial charge >= 0.3 is 5.97 Å². The van der Waals surface area contributed by atoms with Crippen molar-refractivity contribution >= 4 is 51.7 Å². The summed E-state index contributed by atoms with van der Waals surface area (Å²) in [6, 6.07) is 3.09. The molecule has 0 aliphatic rings. The lowest BCUT2D eigenvalue weighted by Crippen LogP contribution is -1.96. The highest BCUT2D eigenvalue weighted by Gasteiger charge is 2.21. The second-order valence-electron chi connectivity index (χ2n) is 3.31. The van der Waals surface area contributed by atoms with E-state index in [-0.39, 0.29) is 10.7 Å². The van der Waals surface area contributed by atoms with Crippen LogP contribution in [-0.4, -0.2) is 15.6 Å². The molecule has 0 saturated carbocycles. The summed E-state index contributed by atoms with van der Waals surface area (Å²) in [7, 11) is 1.65. The molecule has 0 spiro atoms. The van der Waals surface area contributed by atoms with Gasteiger partial charge in [0, 0.05) is 17.5 Å². The molecule has 0 aliphatic carbocycles. The first-order chi connectivity index (χ1) is 7.43. The molecule has 1 aromatic heterocycles. The molecule has 0 amide bonds. The Balaban J connectivity index is 3.02. The first-order valence-corrected chi connectivity index (χ1v) is 5.43. The first-order valence-electron chi connectivity index (χ1n) is 4.29. The average Bonchev–Trinajstić information content (AvgIpc) is 2.38. The first kappa shape index (κ1) is 11.6. The summed E-state index contributed by atoms with van der Waals surface area (Å²) in [5.74, 6) is -1.10. The lowest BCUT2D eigenvalue weighted by Gasteiger charge is -2.00. The molecular weight excluding hydrogens is 272 g/mol. The van der Waals surface area contributed by atoms with Crippen molar-refractivity contribution in [2.75, 3.05) is 0 Å². The molecular formula is C10H6Cl3NO2. The van der Waals surface area contributed by atoms with Gasteiger partial charge in [-0.05, 0) is 12.1 Å². The summed E-state index contributed by atoms with van der Waals surface area (Å²) in [5, 5.41) is 10.4. The smallest absolute Gasteiger partial charge is 0.339 e. The molecule has 16 heavy (non-hydrogen) atoms. The van der Waals surface area contributed by atoms with Gasteiger partial charge in [-0.3, -0.25) is 0 Å². The highest BCUT2D eigenvalue weighted by Crippen LogP contribution is 2.35. The molecule has 0 atom stereocenters. The molecule has 2 aromatic rings. The Bertz CT molecular complexity index is 604. The van der Waals surface area contributed by atoms with Crippen LogP contribution in [0.2, 0.25) is 15.2 Å². The van der Waals surface area contributed by atoms with E-state index in [1.165, 1.54) is 10.6 Å². The fourth-order valence-corrected chi connectivity index (χ4v) is 2.57. The van der Waals surface area contributed by atoms with Crippen LogP contribution in [0.4, 0.5) is 0 Å². The fraction of sp³-hybridized carbons (Fsp3) is 0.100. The lowest BCUT2D eigenvalue weighted by molar-refractivity contribution is 0.0699. The molecule has 0 bridgehead atoms. The summed E-state index contributed by atoms with van der Waals surface area (Å²) < 4.78 is 1.53. The number of benzene rings is 1. The minimum absolute atomic E-state index is 0.0172. The van der Waals surface area contributed by atoms with E-state index in [0.717, 1.165) is 0 Å². The maximum Gasteiger partial charge on any atom is 0.339 e. The summed E-state index contributed by atoms with van der Waals surface area (Å²) in [5.41, 5.74) is 0.581. The normalized spacial score (nSPS) is 11.0. The molecule has 1 aromatic carbocycles. The number of hydrogen-bond donors (Lipinski definition) is 1. The number of carboxylic acids is 1. The number of rotatable bonds is 1. The molecule has 1 heterocycles. The standard InChI is InChI=1S/C10H6Cl3NO2/c1-14-8-5(2-4(11)3-6(8)12)7(9(14)13)10(15)16/h2-3H,1H3,(H,15,16). The fourth-order valence-electron chi connectivity index (χ4n) is 1.68. The van der Waals surface area contributed by atoms with Crippen molar-refractivity contribution in [1.82, 2.24) is 4.57 Å². The highest BCUT2D eigenvalue weighted by molar-refractivity contribution is 6.41. The van der Waals surface area contributed by atoms with Crippen LogP contribution in [0, 0.1) is 0 Å². The monoisotopic (exact) mass is 277 g/mol. The summed E-state index contributed by atoms with van der Waals surface area (Å²) >= 11 is 17.8. The van der Waals surface area contributed by atoms with E-state index in [4.69, 9.17) is 39.9 Å². The van der Waals surface area contributed by atoms with Gasteiger partial charge in [-0.2, -0.15) is 0 Å². The maximum absolute atomic E-state index is 11.1. The Morgan fingerprint density at radius 2 is 1.94 bits per heavy atom. The number of halogens is 3. The van der Waals surface area contributed by atoms with Gasteiger partial charge in [-0.25, -0.2) is 4.79 Å². The van der Waals surface area contributed by atoms with E-state index in [0.29, 0.717) is 20.9 Å². The number of hydrogen-bond acceptors (Lipinski definition) is 1. The van der Waals surface area contributed by atoms with Crippen molar-refractivity contribution in [1.29, 1.82) is 0 Å². The minimum atomic E-state index is -1.10. The summed E-state index contributed by atoms with van der Waals surface area (Å²) in [6.45, 7) is 0. The average molecular weight is 279 g/mol. The number of aryl methyl sites for hydroxylation is 1. The van der Waals surface area contributed by atoms with Gasteiger partial charge in [0.15, 0.2) is 0 Å². The van der Waals surface area contributed by atoms with Gasteiger partial charge in [0.1, 0.15) is 10.7 Å². The van der Waals surface area contributed by atoms with Crippen molar-refractivity contribution in [3.8, 4) is 0 Å². The van der Waals surface area contributed by atoms with Gasteiger partial charge < -0.3 is 9.67 Å². The third-order valence-electron chi connectivity index (χ3n) is 2.35. The van der Waals surface area contributed by atoms with Crippen molar-refractivity contribution in [3.05, 3.63) is 32.9 Å². The van der Waals surface area contributed by atoms with Gasteiger partial charge in [0.2, 0.25) is 0 Å². The molecule has 3 nitrogen and oxygen atoms in total. The Morgan fingerprint density at radius 3 is 2.50 bits per heavy atom. The van der Waals surface area contributed by atoms with E-state index in [1.807, 2.05) is 0 Å². The number of carbonyl (C=O) groups is 1. The minimum Gasteiger partial charge on any atom is -0.478 e. The molecule has 84 valence electrons. The van der Waals surface area contributed by atoms with Gasteiger partial charge in [0.05, 0.1) is 10.5 Å². The molecule has 0 unspecified atom stereocenters. The third-order valence-corrected chi connectivity index (χ3v) is 3.30. The largest absolute Gasteiger partial charge is 0.478 e. The van der Waals surface area contributed by atoms with Gasteiger partial charge in [-0.1, -0.05) is 34.8 Å². The van der Waals surface area contributed by atoms with Crippen LogP contribution in [0.25, 0.3) is 10.9 Å². The van der Waals surface area contributed by atoms with E-state index in [2.05, 4.69) is 0 Å². The van der Waals surface area contributed by atoms with Crippen LogP contribution in [0.1, 0.15) is 10.4 Å². The highest BCUT2D eigenvalue weighted by atomic mass is 35.5. The molecule has 6 heteroatoms. The Hall–Kier alpha value is -0.900. The van der Waals surface area contributed by atoms with Gasteiger partial charge in [-0.15, -0.1) is 0 Å². The van der Waals surface area contributed by atoms with Crippen molar-refractivity contribution in [3.63, 3.8) is 0 Å². The quantitative estimate of drug-likeness (QED) is 0.861. The van der Waals surface area contributed by atoms with Crippen molar-refractivity contribution in [2.24, 2.45) is 7.05 Å². The molecule has 1 N–H and O–H groups in total. The molecule has 0 fully saturated rings. The predicted octanol–water partition coefficient (Wildman–Crippen LogP) is 3.84. The summed E-state index contributed by atoms with van der Waals surface area (Å²) in [4.78, 5) is 11.1. The topological polar surface area (TPSA) is 42.2 Å². The Kier molecular flexibility index (Phi) is 2.78. The zero-order chi connectivity index (χ0) is 12.0. The van der Waals surface area contributed by atoms with Crippen LogP contribution < -0.4 is 0 Å². The Morgan fingerprint density at radius 1 is 1.31 bits per heavy atom.